The number of aliphatic hydroxyl groups excluding tert-OH is 1. The molecule has 0 radical (unpaired) electrons. The first-order valence-corrected chi connectivity index (χ1v) is 40.8. The molecule has 8 aromatic carbocycles. The van der Waals surface area contributed by atoms with Crippen molar-refractivity contribution in [3.63, 3.8) is 0 Å². The van der Waals surface area contributed by atoms with Crippen LogP contribution in [0.4, 0.5) is 8.78 Å². The molecule has 3 aliphatic heterocycles. The van der Waals surface area contributed by atoms with Gasteiger partial charge in [0.1, 0.15) is 70.3 Å². The number of likely N-dealkylation sites (tertiary alicyclic amines) is 1. The molecule has 0 atom stereocenters. The summed E-state index contributed by atoms with van der Waals surface area (Å²) in [6.45, 7) is 13.0. The molecule has 3 aliphatic rings. The molecule has 120 heavy (non-hydrogen) atoms. The molecule has 8 aromatic heterocycles. The number of benzene rings is 8. The van der Waals surface area contributed by atoms with Crippen LogP contribution in [-0.2, 0) is 45.2 Å². The fraction of sp³-hybridized carbons (Fsp3) is 0.222. The molecule has 3 saturated heterocycles. The van der Waals surface area contributed by atoms with E-state index in [-0.39, 0.29) is 49.7 Å². The lowest BCUT2D eigenvalue weighted by molar-refractivity contribution is -0.136. The fourth-order valence-corrected chi connectivity index (χ4v) is 16.0. The first-order valence-electron chi connectivity index (χ1n) is 39.3. The van der Waals surface area contributed by atoms with Crippen molar-refractivity contribution in [2.45, 2.75) is 52.9 Å². The molecule has 24 nitrogen and oxygen atoms in total. The summed E-state index contributed by atoms with van der Waals surface area (Å²) in [5.41, 5.74) is 16.2. The quantitative estimate of drug-likeness (QED) is 0.0888. The van der Waals surface area contributed by atoms with Crippen LogP contribution in [0.3, 0.4) is 0 Å². The van der Waals surface area contributed by atoms with Crippen LogP contribution in [-0.4, -0.2) is 190 Å². The molecule has 0 spiro atoms. The molecule has 1 N–H and O–H groups in total. The highest BCUT2D eigenvalue weighted by Crippen LogP contribution is 2.43. The molecule has 30 heteroatoms. The summed E-state index contributed by atoms with van der Waals surface area (Å²) in [4.78, 5) is 31.7. The zero-order valence-electron chi connectivity index (χ0n) is 65.4. The highest BCUT2D eigenvalue weighted by Gasteiger charge is 2.30. The second kappa shape index (κ2) is 37.4. The maximum Gasteiger partial charge on any atom is 0.244 e. The smallest absolute Gasteiger partial charge is 0.244 e. The Bertz CT molecular complexity index is 6330. The largest absolute Gasteiger partial charge is 0.394 e. The van der Waals surface area contributed by atoms with Crippen molar-refractivity contribution >= 4 is 102 Å². The molecule has 19 rings (SSSR count). The summed E-state index contributed by atoms with van der Waals surface area (Å²) in [6.07, 6.45) is 2.10. The first kappa shape index (κ1) is 81.5. The highest BCUT2D eigenvalue weighted by atomic mass is 35.5. The topological polar surface area (TPSA) is 257 Å². The van der Waals surface area contributed by atoms with E-state index in [0.717, 1.165) is 120 Å². The molecule has 16 aromatic rings. The average molecular weight is 1690 g/mol. The van der Waals surface area contributed by atoms with Crippen LogP contribution in [0.2, 0.25) is 20.1 Å². The number of hydrogen-bond acceptors (Lipinski definition) is 18. The third-order valence-electron chi connectivity index (χ3n) is 20.8. The number of aromatic nitrogens is 16. The predicted molar refractivity (Wildman–Crippen MR) is 462 cm³/mol. The van der Waals surface area contributed by atoms with E-state index in [0.29, 0.717) is 137 Å². The number of carbonyl (C=O) groups is 2. The normalized spacial score (nSPS) is 13.6. The van der Waals surface area contributed by atoms with Crippen LogP contribution in [0.1, 0.15) is 24.0 Å². The van der Waals surface area contributed by atoms with Crippen molar-refractivity contribution in [3.05, 3.63) is 261 Å². The number of aliphatic hydroxyl groups is 1. The van der Waals surface area contributed by atoms with Gasteiger partial charge in [-0.15, -0.1) is 40.8 Å². The Morgan fingerprint density at radius 3 is 0.992 bits per heavy atom. The molecular weight excluding hydrogens is 1610 g/mol. The van der Waals surface area contributed by atoms with E-state index in [9.17, 15) is 23.5 Å². The van der Waals surface area contributed by atoms with Crippen molar-refractivity contribution in [1.29, 1.82) is 0 Å². The van der Waals surface area contributed by atoms with Gasteiger partial charge in [-0.3, -0.25) is 14.5 Å². The van der Waals surface area contributed by atoms with E-state index in [1.165, 1.54) is 24.3 Å². The summed E-state index contributed by atoms with van der Waals surface area (Å²) in [5.74, 6) is -0.610. The SMILES string of the molecule is Cc1cccc(-c2nn(CC(=O)N3CCCC3)c3nnc(-c4ccccc4)c(Cl)c23)c1.Cc1cccc(-c2nn(CC(=O)N3CCOCC3)c3nnc(-c4ccccc4)c(Cl)c23)c1.Fc1ccc(-c2nn(CCN3CCOCC3)c3nnc(-c4ccccc4)c(Cl)c23)cc1.OCCn1nc(-c2ccc(F)cc2)c2c(Cl)c(-c3ccccc3)nnc21. The third kappa shape index (κ3) is 17.9. The number of halogens is 6. The minimum atomic E-state index is -0.330. The predicted octanol–water partition coefficient (Wildman–Crippen LogP) is 17.0. The van der Waals surface area contributed by atoms with Crippen molar-refractivity contribution < 1.29 is 33.0 Å². The van der Waals surface area contributed by atoms with Crippen LogP contribution in [0.25, 0.3) is 134 Å². The van der Waals surface area contributed by atoms with Gasteiger partial charge in [-0.2, -0.15) is 20.4 Å². The number of rotatable bonds is 17. The summed E-state index contributed by atoms with van der Waals surface area (Å²) >= 11 is 27.3. The first-order chi connectivity index (χ1) is 58.6. The van der Waals surface area contributed by atoms with Gasteiger partial charge in [0.25, 0.3) is 0 Å². The third-order valence-corrected chi connectivity index (χ3v) is 22.3. The fourth-order valence-electron chi connectivity index (χ4n) is 14.7. The van der Waals surface area contributed by atoms with E-state index < -0.39 is 0 Å². The van der Waals surface area contributed by atoms with Gasteiger partial charge in [0.05, 0.1) is 87.8 Å². The standard InChI is InChI=1S/C24H22ClN5O2.C24H22ClN5O.C23H21ClFN5O.C19H14ClFN4O/c1-16-6-5-9-18(14-16)22-20-21(25)23(17-7-3-2-4-8-17)26-27-24(20)30(28-22)15-19(31)29-10-12-32-13-11-29;1-16-8-7-11-18(14-16)22-20-21(25)23(17-9-3-2-4-10-17)26-27-24(20)30(28-22)15-19(31)29-12-5-6-13-29;24-20-19-21(17-6-8-18(25)9-7-17)28-30(11-10-29-12-14-31-15-13-29)23(19)27-26-22(20)16-4-2-1-3-5-16;20-16-15-17(13-6-8-14(21)9-7-13)24-25(10-11-26)19(15)23-22-18(16)12-4-2-1-3-5-12/h2-9,14H,10-13,15H2,1H3;2-4,7-11,14H,5-6,12-13,15H2,1H3;1-9H,10-15H2;1-9,26H,10-11H2. The Morgan fingerprint density at radius 1 is 0.342 bits per heavy atom. The highest BCUT2D eigenvalue weighted by molar-refractivity contribution is 6.40. The Kier molecular flexibility index (Phi) is 25.4. The second-order valence-electron chi connectivity index (χ2n) is 28.9. The van der Waals surface area contributed by atoms with Crippen molar-refractivity contribution in [2.75, 3.05) is 78.8 Å². The van der Waals surface area contributed by atoms with Gasteiger partial charge in [-0.25, -0.2) is 27.5 Å². The summed E-state index contributed by atoms with van der Waals surface area (Å²) in [6, 6.07) is 67.1. The van der Waals surface area contributed by atoms with E-state index in [4.69, 9.17) is 71.2 Å². The Hall–Kier alpha value is -12.2. The van der Waals surface area contributed by atoms with Crippen LogP contribution in [0.5, 0.6) is 0 Å². The monoisotopic (exact) mass is 1680 g/mol. The minimum absolute atomic E-state index is 0.0291. The summed E-state index contributed by atoms with van der Waals surface area (Å²) in [5, 5.41) is 68.0. The van der Waals surface area contributed by atoms with Gasteiger partial charge < -0.3 is 24.4 Å². The maximum absolute atomic E-state index is 13.5. The zero-order valence-corrected chi connectivity index (χ0v) is 68.4. The van der Waals surface area contributed by atoms with Crippen LogP contribution in [0.15, 0.2) is 218 Å². The molecule has 606 valence electrons. The lowest BCUT2D eigenvalue weighted by Gasteiger charge is -2.26. The van der Waals surface area contributed by atoms with Gasteiger partial charge in [0.2, 0.25) is 11.8 Å². The van der Waals surface area contributed by atoms with Gasteiger partial charge in [-0.1, -0.05) is 215 Å². The lowest BCUT2D eigenvalue weighted by atomic mass is 10.1. The van der Waals surface area contributed by atoms with Crippen molar-refractivity contribution in [3.8, 4) is 90.1 Å². The number of morpholine rings is 2. The van der Waals surface area contributed by atoms with Crippen LogP contribution >= 0.6 is 46.4 Å². The van der Waals surface area contributed by atoms with Crippen LogP contribution in [0, 0.1) is 25.5 Å². The van der Waals surface area contributed by atoms with Gasteiger partial charge >= 0.3 is 0 Å². The second-order valence-corrected chi connectivity index (χ2v) is 30.4. The van der Waals surface area contributed by atoms with E-state index >= 15 is 0 Å². The minimum Gasteiger partial charge on any atom is -0.394 e. The van der Waals surface area contributed by atoms with Gasteiger partial charge in [0.15, 0.2) is 22.6 Å². The van der Waals surface area contributed by atoms with Gasteiger partial charge in [-0.05, 0) is 87.4 Å². The van der Waals surface area contributed by atoms with Gasteiger partial charge in [0, 0.05) is 90.3 Å². The molecule has 2 amide bonds. The Labute approximate surface area is 708 Å². The molecular formula is C90H79Cl4F2N19O5. The summed E-state index contributed by atoms with van der Waals surface area (Å²) in [7, 11) is 0. The summed E-state index contributed by atoms with van der Waals surface area (Å²) < 4.78 is 44.3. The number of fused-ring (bicyclic) bond motifs is 4. The molecule has 0 unspecified atom stereocenters. The zero-order chi connectivity index (χ0) is 82.8. The van der Waals surface area contributed by atoms with E-state index in [1.54, 1.807) is 43.2 Å². The van der Waals surface area contributed by atoms with Crippen molar-refractivity contribution in [2.24, 2.45) is 0 Å². The number of ether oxygens (including phenoxy) is 2. The number of hydrogen-bond donors (Lipinski definition) is 1. The van der Waals surface area contributed by atoms with Crippen LogP contribution < -0.4 is 0 Å². The lowest BCUT2D eigenvalue weighted by Crippen LogP contribution is -2.42. The Balaban J connectivity index is 0.000000119. The van der Waals surface area contributed by atoms with E-state index in [1.807, 2.05) is 181 Å². The number of aryl methyl sites for hydroxylation is 2. The molecule has 0 saturated carbocycles. The molecule has 3 fully saturated rings. The molecule has 0 aliphatic carbocycles. The number of carbonyl (C=O) groups excluding carboxylic acids is 2. The Morgan fingerprint density at radius 2 is 0.642 bits per heavy atom. The molecule has 11 heterocycles. The average Bonchev–Trinajstić information content (AvgIpc) is 1.61. The van der Waals surface area contributed by atoms with Crippen molar-refractivity contribution in [1.82, 2.24) is 94.6 Å². The maximum atomic E-state index is 13.5. The number of amides is 2. The number of nitrogens with zero attached hydrogens (tertiary/aromatic N) is 19. The molecule has 0 bridgehead atoms. The van der Waals surface area contributed by atoms with E-state index in [2.05, 4.69) is 62.9 Å².